The van der Waals surface area contributed by atoms with Crippen LogP contribution in [0.5, 0.6) is 0 Å². The standard InChI is InChI=1S/C15H19FN2O2/c16-13-4-2-1-3-12(13)15(5-6-15)17-14(19)11-18-7-9-20-10-8-18/h1-4H,5-11H2,(H,17,19). The lowest BCUT2D eigenvalue weighted by molar-refractivity contribution is -0.124. The zero-order valence-electron chi connectivity index (χ0n) is 11.4. The van der Waals surface area contributed by atoms with Crippen LogP contribution in [-0.4, -0.2) is 43.7 Å². The summed E-state index contributed by atoms with van der Waals surface area (Å²) in [6.07, 6.45) is 1.62. The summed E-state index contributed by atoms with van der Waals surface area (Å²) < 4.78 is 19.1. The Morgan fingerprint density at radius 2 is 2.00 bits per heavy atom. The molecule has 108 valence electrons. The van der Waals surface area contributed by atoms with Crippen molar-refractivity contribution in [2.45, 2.75) is 18.4 Å². The molecule has 0 atom stereocenters. The summed E-state index contributed by atoms with van der Waals surface area (Å²) in [5, 5.41) is 3.01. The lowest BCUT2D eigenvalue weighted by Crippen LogP contribution is -2.46. The number of hydrogen-bond donors (Lipinski definition) is 1. The van der Waals surface area contributed by atoms with Crippen LogP contribution in [0, 0.1) is 5.82 Å². The number of rotatable bonds is 4. The molecule has 1 amide bonds. The highest BCUT2D eigenvalue weighted by molar-refractivity contribution is 5.79. The van der Waals surface area contributed by atoms with Crippen LogP contribution in [0.4, 0.5) is 4.39 Å². The quantitative estimate of drug-likeness (QED) is 0.901. The second kappa shape index (κ2) is 5.50. The number of carbonyl (C=O) groups is 1. The Balaban J connectivity index is 1.62. The molecule has 1 N–H and O–H groups in total. The molecular weight excluding hydrogens is 259 g/mol. The van der Waals surface area contributed by atoms with Crippen LogP contribution in [0.1, 0.15) is 18.4 Å². The number of amides is 1. The van der Waals surface area contributed by atoms with Crippen molar-refractivity contribution in [3.63, 3.8) is 0 Å². The second-order valence-electron chi connectivity index (χ2n) is 5.50. The molecule has 1 aromatic carbocycles. The minimum atomic E-state index is -0.477. The van der Waals surface area contributed by atoms with E-state index in [9.17, 15) is 9.18 Å². The maximum atomic E-state index is 13.9. The number of ether oxygens (including phenoxy) is 1. The van der Waals surface area contributed by atoms with E-state index in [-0.39, 0.29) is 11.7 Å². The van der Waals surface area contributed by atoms with Gasteiger partial charge in [-0.15, -0.1) is 0 Å². The summed E-state index contributed by atoms with van der Waals surface area (Å²) >= 11 is 0. The third-order valence-electron chi connectivity index (χ3n) is 3.99. The van der Waals surface area contributed by atoms with Crippen LogP contribution >= 0.6 is 0 Å². The molecule has 0 radical (unpaired) electrons. The van der Waals surface area contributed by atoms with Crippen LogP contribution in [0.25, 0.3) is 0 Å². The van der Waals surface area contributed by atoms with E-state index >= 15 is 0 Å². The van der Waals surface area contributed by atoms with E-state index in [0.29, 0.717) is 25.3 Å². The fourth-order valence-electron chi connectivity index (χ4n) is 2.70. The van der Waals surface area contributed by atoms with Crippen molar-refractivity contribution < 1.29 is 13.9 Å². The topological polar surface area (TPSA) is 41.6 Å². The first-order chi connectivity index (χ1) is 9.70. The van der Waals surface area contributed by atoms with Crippen LogP contribution in [0.3, 0.4) is 0 Å². The van der Waals surface area contributed by atoms with Crippen LogP contribution < -0.4 is 5.32 Å². The van der Waals surface area contributed by atoms with E-state index in [0.717, 1.165) is 25.9 Å². The number of nitrogens with one attached hydrogen (secondary N) is 1. The van der Waals surface area contributed by atoms with Crippen molar-refractivity contribution in [3.05, 3.63) is 35.6 Å². The molecule has 1 saturated heterocycles. The highest BCUT2D eigenvalue weighted by Crippen LogP contribution is 2.46. The predicted octanol–water partition coefficient (Wildman–Crippen LogP) is 1.26. The van der Waals surface area contributed by atoms with Gasteiger partial charge in [0, 0.05) is 18.7 Å². The van der Waals surface area contributed by atoms with E-state index in [1.54, 1.807) is 12.1 Å². The first-order valence-electron chi connectivity index (χ1n) is 7.06. The Kier molecular flexibility index (Phi) is 3.72. The summed E-state index contributed by atoms with van der Waals surface area (Å²) in [6, 6.07) is 6.69. The summed E-state index contributed by atoms with van der Waals surface area (Å²) in [5.74, 6) is -0.274. The van der Waals surface area contributed by atoms with Gasteiger partial charge in [0.25, 0.3) is 0 Å². The molecule has 1 aliphatic carbocycles. The lowest BCUT2D eigenvalue weighted by Gasteiger charge is -2.27. The van der Waals surface area contributed by atoms with Crippen molar-refractivity contribution in [1.29, 1.82) is 0 Å². The van der Waals surface area contributed by atoms with Gasteiger partial charge in [-0.3, -0.25) is 9.69 Å². The molecule has 1 aromatic rings. The molecule has 0 aromatic heterocycles. The van der Waals surface area contributed by atoms with Crippen molar-refractivity contribution in [1.82, 2.24) is 10.2 Å². The van der Waals surface area contributed by atoms with E-state index in [1.165, 1.54) is 6.07 Å². The average molecular weight is 278 g/mol. The lowest BCUT2D eigenvalue weighted by atomic mass is 10.0. The number of benzene rings is 1. The number of nitrogens with zero attached hydrogens (tertiary/aromatic N) is 1. The molecule has 5 heteroatoms. The van der Waals surface area contributed by atoms with Gasteiger partial charge in [0.15, 0.2) is 0 Å². The Labute approximate surface area is 117 Å². The summed E-state index contributed by atoms with van der Waals surface area (Å²) in [6.45, 7) is 3.26. The Morgan fingerprint density at radius 3 is 2.65 bits per heavy atom. The zero-order valence-corrected chi connectivity index (χ0v) is 11.4. The van der Waals surface area contributed by atoms with Crippen molar-refractivity contribution in [3.8, 4) is 0 Å². The molecule has 0 spiro atoms. The van der Waals surface area contributed by atoms with E-state index in [1.807, 2.05) is 6.07 Å². The number of hydrogen-bond acceptors (Lipinski definition) is 3. The largest absolute Gasteiger partial charge is 0.379 e. The molecule has 0 unspecified atom stereocenters. The van der Waals surface area contributed by atoms with Gasteiger partial charge < -0.3 is 10.1 Å². The van der Waals surface area contributed by atoms with E-state index in [2.05, 4.69) is 10.2 Å². The third kappa shape index (κ3) is 2.83. The van der Waals surface area contributed by atoms with Crippen LogP contribution in [0.15, 0.2) is 24.3 Å². The minimum absolute atomic E-state index is 0.0346. The molecule has 20 heavy (non-hydrogen) atoms. The molecule has 0 bridgehead atoms. The van der Waals surface area contributed by atoms with Gasteiger partial charge >= 0.3 is 0 Å². The molecule has 1 aliphatic heterocycles. The van der Waals surface area contributed by atoms with E-state index in [4.69, 9.17) is 4.74 Å². The highest BCUT2D eigenvalue weighted by Gasteiger charge is 2.47. The Hall–Kier alpha value is -1.46. The zero-order chi connectivity index (χ0) is 14.0. The van der Waals surface area contributed by atoms with Crippen molar-refractivity contribution >= 4 is 5.91 Å². The molecule has 3 rings (SSSR count). The normalized spacial score (nSPS) is 21.4. The molecule has 1 saturated carbocycles. The first kappa shape index (κ1) is 13.5. The summed E-state index contributed by atoms with van der Waals surface area (Å²) in [4.78, 5) is 14.2. The van der Waals surface area contributed by atoms with Gasteiger partial charge in [0.1, 0.15) is 5.82 Å². The third-order valence-corrected chi connectivity index (χ3v) is 3.99. The minimum Gasteiger partial charge on any atom is -0.379 e. The average Bonchev–Trinajstić information content (AvgIpc) is 3.20. The van der Waals surface area contributed by atoms with Gasteiger partial charge in [-0.25, -0.2) is 4.39 Å². The maximum absolute atomic E-state index is 13.9. The molecule has 1 heterocycles. The monoisotopic (exact) mass is 278 g/mol. The molecule has 2 aliphatic rings. The summed E-state index contributed by atoms with van der Waals surface area (Å²) in [5.41, 5.74) is 0.129. The maximum Gasteiger partial charge on any atom is 0.234 e. The molecular formula is C15H19FN2O2. The van der Waals surface area contributed by atoms with Crippen LogP contribution in [0.2, 0.25) is 0 Å². The number of morpholine rings is 1. The van der Waals surface area contributed by atoms with Gasteiger partial charge in [-0.1, -0.05) is 18.2 Å². The predicted molar refractivity (Wildman–Crippen MR) is 72.7 cm³/mol. The fraction of sp³-hybridized carbons (Fsp3) is 0.533. The summed E-state index contributed by atoms with van der Waals surface area (Å²) in [7, 11) is 0. The Bertz CT molecular complexity index is 496. The highest BCUT2D eigenvalue weighted by atomic mass is 19.1. The van der Waals surface area contributed by atoms with Crippen LogP contribution in [-0.2, 0) is 15.1 Å². The fourth-order valence-corrected chi connectivity index (χ4v) is 2.70. The smallest absolute Gasteiger partial charge is 0.234 e. The number of carbonyl (C=O) groups excluding carboxylic acids is 1. The van der Waals surface area contributed by atoms with Crippen molar-refractivity contribution in [2.24, 2.45) is 0 Å². The SMILES string of the molecule is O=C(CN1CCOCC1)NC1(c2ccccc2F)CC1. The van der Waals surface area contributed by atoms with Crippen molar-refractivity contribution in [2.75, 3.05) is 32.8 Å². The second-order valence-corrected chi connectivity index (χ2v) is 5.50. The molecule has 2 fully saturated rings. The number of halogens is 1. The van der Waals surface area contributed by atoms with E-state index < -0.39 is 5.54 Å². The van der Waals surface area contributed by atoms with Gasteiger partial charge in [-0.2, -0.15) is 0 Å². The van der Waals surface area contributed by atoms with Gasteiger partial charge in [-0.05, 0) is 18.9 Å². The Morgan fingerprint density at radius 1 is 1.30 bits per heavy atom. The first-order valence-corrected chi connectivity index (χ1v) is 7.06. The van der Waals surface area contributed by atoms with Gasteiger partial charge in [0.05, 0.1) is 25.3 Å². The van der Waals surface area contributed by atoms with Gasteiger partial charge in [0.2, 0.25) is 5.91 Å². The molecule has 4 nitrogen and oxygen atoms in total.